The van der Waals surface area contributed by atoms with Crippen molar-refractivity contribution in [2.75, 3.05) is 0 Å². The molecule has 0 radical (unpaired) electrons. The van der Waals surface area contributed by atoms with Gasteiger partial charge >= 0.3 is 0 Å². The molecule has 3 heterocycles. The molecule has 0 aliphatic carbocycles. The SMILES string of the molecule is [C-]#[N+]c1ccc2c3ccccc3n(-c3cccc(-c4ccc(-n5c6ccccc6c6cc(-n7c8ccccc8c8ccccc87)ccc65)c(C#N)c4)c3)c2c1. The Hall–Kier alpha value is -7.86. The van der Waals surface area contributed by atoms with Crippen molar-refractivity contribution in [1.29, 1.82) is 5.26 Å². The summed E-state index contributed by atoms with van der Waals surface area (Å²) >= 11 is 0. The standard InChI is InChI=1S/C50H29N5/c1-52-35-22-24-42-40-15-4-8-19-47(40)54(50(42)29-35)36-12-10-11-32(28-36)33-21-25-44(34(27-33)31-51)55-48-20-9-5-16-41(48)43-30-37(23-26-49(43)55)53-45-17-6-2-13-38(45)39-14-3-7-18-46(39)53/h2-30H. The Morgan fingerprint density at radius 3 is 1.56 bits per heavy atom. The van der Waals surface area contributed by atoms with Gasteiger partial charge in [0.15, 0.2) is 5.69 Å². The highest BCUT2D eigenvalue weighted by Crippen LogP contribution is 2.39. The Bertz CT molecular complexity index is 3420. The number of nitrogens with zero attached hydrogens (tertiary/aromatic N) is 5. The van der Waals surface area contributed by atoms with Gasteiger partial charge in [0.25, 0.3) is 0 Å². The molecule has 5 nitrogen and oxygen atoms in total. The molecule has 0 saturated heterocycles. The molecule has 5 heteroatoms. The van der Waals surface area contributed by atoms with E-state index in [0.29, 0.717) is 11.3 Å². The van der Waals surface area contributed by atoms with E-state index in [0.717, 1.165) is 71.8 Å². The van der Waals surface area contributed by atoms with Crippen LogP contribution >= 0.6 is 0 Å². The molecule has 0 unspecified atom stereocenters. The van der Waals surface area contributed by atoms with Gasteiger partial charge in [0.1, 0.15) is 6.07 Å². The Labute approximate surface area is 316 Å². The number of para-hydroxylation sites is 4. The van der Waals surface area contributed by atoms with Gasteiger partial charge in [0.05, 0.1) is 45.4 Å². The summed E-state index contributed by atoms with van der Waals surface area (Å²) in [6, 6.07) is 63.7. The molecule has 254 valence electrons. The van der Waals surface area contributed by atoms with E-state index in [4.69, 9.17) is 6.57 Å². The van der Waals surface area contributed by atoms with Crippen molar-refractivity contribution in [2.24, 2.45) is 0 Å². The van der Waals surface area contributed by atoms with Gasteiger partial charge in [-0.05, 0) is 83.9 Å². The van der Waals surface area contributed by atoms with Crippen molar-refractivity contribution in [3.8, 4) is 34.3 Å². The van der Waals surface area contributed by atoms with Crippen LogP contribution in [0.2, 0.25) is 0 Å². The largest absolute Gasteiger partial charge is 0.310 e. The molecule has 0 spiro atoms. The normalized spacial score (nSPS) is 11.6. The predicted octanol–water partition coefficient (Wildman–Crippen LogP) is 13.1. The molecule has 0 amide bonds. The highest BCUT2D eigenvalue weighted by molar-refractivity contribution is 6.13. The van der Waals surface area contributed by atoms with Crippen molar-refractivity contribution < 1.29 is 0 Å². The maximum Gasteiger partial charge on any atom is 0.189 e. The molecule has 3 aromatic heterocycles. The molecule has 11 aromatic rings. The fourth-order valence-corrected chi connectivity index (χ4v) is 8.69. The van der Waals surface area contributed by atoms with E-state index in [1.165, 1.54) is 21.8 Å². The summed E-state index contributed by atoms with van der Waals surface area (Å²) < 4.78 is 6.81. The van der Waals surface area contributed by atoms with Crippen LogP contribution in [-0.2, 0) is 0 Å². The highest BCUT2D eigenvalue weighted by atomic mass is 15.0. The van der Waals surface area contributed by atoms with Gasteiger partial charge in [-0.1, -0.05) is 103 Å². The lowest BCUT2D eigenvalue weighted by Gasteiger charge is -2.14. The summed E-state index contributed by atoms with van der Waals surface area (Å²) in [5.41, 5.74) is 12.6. The zero-order valence-electron chi connectivity index (χ0n) is 29.5. The van der Waals surface area contributed by atoms with Gasteiger partial charge in [0.2, 0.25) is 0 Å². The van der Waals surface area contributed by atoms with E-state index in [1.54, 1.807) is 0 Å². The lowest BCUT2D eigenvalue weighted by Crippen LogP contribution is -1.99. The van der Waals surface area contributed by atoms with E-state index >= 15 is 0 Å². The van der Waals surface area contributed by atoms with Crippen LogP contribution in [0.4, 0.5) is 5.69 Å². The molecule has 0 N–H and O–H groups in total. The predicted molar refractivity (Wildman–Crippen MR) is 226 cm³/mol. The highest BCUT2D eigenvalue weighted by Gasteiger charge is 2.19. The topological polar surface area (TPSA) is 42.9 Å². The lowest BCUT2D eigenvalue weighted by atomic mass is 10.0. The van der Waals surface area contributed by atoms with Gasteiger partial charge in [-0.15, -0.1) is 0 Å². The summed E-state index contributed by atoms with van der Waals surface area (Å²) in [6.45, 7) is 7.65. The maximum atomic E-state index is 10.7. The molecule has 0 fully saturated rings. The number of fused-ring (bicyclic) bond motifs is 9. The summed E-state index contributed by atoms with van der Waals surface area (Å²) in [6.07, 6.45) is 0. The van der Waals surface area contributed by atoms with Crippen LogP contribution in [0.1, 0.15) is 5.56 Å². The molecule has 0 aliphatic rings. The van der Waals surface area contributed by atoms with Crippen LogP contribution in [0.15, 0.2) is 176 Å². The second-order valence-corrected chi connectivity index (χ2v) is 14.0. The molecule has 0 aliphatic heterocycles. The van der Waals surface area contributed by atoms with Crippen LogP contribution in [-0.4, -0.2) is 13.7 Å². The lowest BCUT2D eigenvalue weighted by molar-refractivity contribution is 1.16. The molecule has 0 atom stereocenters. The number of hydrogen-bond donors (Lipinski definition) is 0. The Morgan fingerprint density at radius 1 is 0.400 bits per heavy atom. The molecule has 0 saturated carbocycles. The number of rotatable bonds is 4. The van der Waals surface area contributed by atoms with Gasteiger partial charge in [-0.25, -0.2) is 4.85 Å². The average Bonchev–Trinajstić information content (AvgIpc) is 3.88. The van der Waals surface area contributed by atoms with Crippen molar-refractivity contribution in [2.45, 2.75) is 0 Å². The monoisotopic (exact) mass is 699 g/mol. The Kier molecular flexibility index (Phi) is 6.61. The van der Waals surface area contributed by atoms with Crippen LogP contribution in [0.25, 0.3) is 98.5 Å². The third-order valence-electron chi connectivity index (χ3n) is 11.1. The second-order valence-electron chi connectivity index (χ2n) is 14.0. The third kappa shape index (κ3) is 4.51. The van der Waals surface area contributed by atoms with Crippen LogP contribution in [0.5, 0.6) is 0 Å². The number of benzene rings is 8. The van der Waals surface area contributed by atoms with Crippen molar-refractivity contribution >= 4 is 71.1 Å². The minimum absolute atomic E-state index is 0.593. The third-order valence-corrected chi connectivity index (χ3v) is 11.1. The number of hydrogen-bond acceptors (Lipinski definition) is 1. The van der Waals surface area contributed by atoms with Crippen LogP contribution < -0.4 is 0 Å². The first-order chi connectivity index (χ1) is 27.2. The van der Waals surface area contributed by atoms with Gasteiger partial charge in [0, 0.05) is 49.2 Å². The van der Waals surface area contributed by atoms with E-state index in [2.05, 4.69) is 176 Å². The molecule has 55 heavy (non-hydrogen) atoms. The zero-order valence-corrected chi connectivity index (χ0v) is 29.5. The Morgan fingerprint density at radius 2 is 0.927 bits per heavy atom. The average molecular weight is 700 g/mol. The van der Waals surface area contributed by atoms with Gasteiger partial charge < -0.3 is 13.7 Å². The van der Waals surface area contributed by atoms with Gasteiger partial charge in [-0.2, -0.15) is 5.26 Å². The first-order valence-electron chi connectivity index (χ1n) is 18.3. The van der Waals surface area contributed by atoms with Crippen molar-refractivity contribution in [3.63, 3.8) is 0 Å². The fourth-order valence-electron chi connectivity index (χ4n) is 8.69. The van der Waals surface area contributed by atoms with Crippen molar-refractivity contribution in [1.82, 2.24) is 13.7 Å². The maximum absolute atomic E-state index is 10.7. The Balaban J connectivity index is 1.06. The zero-order chi connectivity index (χ0) is 36.6. The second kappa shape index (κ2) is 11.8. The summed E-state index contributed by atoms with van der Waals surface area (Å²) in [7, 11) is 0. The van der Waals surface area contributed by atoms with Crippen molar-refractivity contribution in [3.05, 3.63) is 193 Å². The van der Waals surface area contributed by atoms with E-state index in [1.807, 2.05) is 24.3 Å². The minimum Gasteiger partial charge on any atom is -0.310 e. The van der Waals surface area contributed by atoms with Crippen LogP contribution in [0, 0.1) is 17.9 Å². The summed E-state index contributed by atoms with van der Waals surface area (Å²) in [5.74, 6) is 0. The summed E-state index contributed by atoms with van der Waals surface area (Å²) in [5, 5.41) is 17.7. The molecule has 8 aromatic carbocycles. The van der Waals surface area contributed by atoms with E-state index in [9.17, 15) is 5.26 Å². The molecule has 11 rings (SSSR count). The first-order valence-corrected chi connectivity index (χ1v) is 18.3. The quantitative estimate of drug-likeness (QED) is 0.169. The first kappa shape index (κ1) is 30.7. The van der Waals surface area contributed by atoms with Crippen LogP contribution in [0.3, 0.4) is 0 Å². The minimum atomic E-state index is 0.593. The number of aromatic nitrogens is 3. The van der Waals surface area contributed by atoms with E-state index < -0.39 is 0 Å². The fraction of sp³-hybridized carbons (Fsp3) is 0. The molecular formula is C50H29N5. The smallest absolute Gasteiger partial charge is 0.189 e. The molecular weight excluding hydrogens is 671 g/mol. The van der Waals surface area contributed by atoms with Gasteiger partial charge in [-0.3, -0.25) is 0 Å². The number of nitriles is 1. The summed E-state index contributed by atoms with van der Waals surface area (Å²) in [4.78, 5) is 3.72. The van der Waals surface area contributed by atoms with E-state index in [-0.39, 0.29) is 0 Å². The molecule has 0 bridgehead atoms.